The zero-order chi connectivity index (χ0) is 7.56. The fourth-order valence-electron chi connectivity index (χ4n) is 0.394. The predicted octanol–water partition coefficient (Wildman–Crippen LogP) is 0.782. The number of aromatic nitrogens is 1. The van der Waals surface area contributed by atoms with Gasteiger partial charge >= 0.3 is 6.16 Å². The minimum absolute atomic E-state index is 0.0440. The minimum atomic E-state index is -1.40. The van der Waals surface area contributed by atoms with Crippen molar-refractivity contribution in [2.45, 2.75) is 0 Å². The van der Waals surface area contributed by atoms with Gasteiger partial charge in [0, 0.05) is 5.38 Å². The van der Waals surface area contributed by atoms with Crippen LogP contribution < -0.4 is 10.5 Å². The van der Waals surface area contributed by atoms with E-state index in [0.717, 1.165) is 11.5 Å². The first-order chi connectivity index (χ1) is 4.70. The number of ether oxygens (including phenoxy) is 1. The van der Waals surface area contributed by atoms with Crippen LogP contribution in [0.2, 0.25) is 0 Å². The van der Waals surface area contributed by atoms with Crippen LogP contribution in [0.3, 0.4) is 0 Å². The van der Waals surface area contributed by atoms with Crippen molar-refractivity contribution in [3.05, 3.63) is 5.38 Å². The first-order valence-electron chi connectivity index (χ1n) is 2.31. The Morgan fingerprint density at radius 3 is 3.00 bits per heavy atom. The lowest BCUT2D eigenvalue weighted by atomic mass is 10.6. The van der Waals surface area contributed by atoms with Gasteiger partial charge in [-0.1, -0.05) is 0 Å². The number of rotatable bonds is 1. The molecule has 5 nitrogen and oxygen atoms in total. The van der Waals surface area contributed by atoms with E-state index in [1.165, 1.54) is 5.38 Å². The molecule has 0 radical (unpaired) electrons. The molecule has 0 unspecified atom stereocenters. The molecule has 0 fully saturated rings. The lowest BCUT2D eigenvalue weighted by molar-refractivity contribution is 0.143. The molecule has 0 aliphatic heterocycles. The Bertz CT molecular complexity index is 246. The highest BCUT2D eigenvalue weighted by molar-refractivity contribution is 7.04. The quantitative estimate of drug-likeness (QED) is 0.593. The third kappa shape index (κ3) is 1.35. The molecule has 0 saturated carbocycles. The van der Waals surface area contributed by atoms with Gasteiger partial charge in [0.2, 0.25) is 0 Å². The van der Waals surface area contributed by atoms with Crippen LogP contribution in [0.4, 0.5) is 10.5 Å². The second kappa shape index (κ2) is 2.53. The molecule has 1 heterocycles. The molecule has 10 heavy (non-hydrogen) atoms. The van der Waals surface area contributed by atoms with Crippen LogP contribution in [0.1, 0.15) is 0 Å². The van der Waals surface area contributed by atoms with Gasteiger partial charge in [0.05, 0.1) is 0 Å². The molecule has 0 bridgehead atoms. The summed E-state index contributed by atoms with van der Waals surface area (Å²) < 4.78 is 7.75. The van der Waals surface area contributed by atoms with Gasteiger partial charge < -0.3 is 15.6 Å². The maximum absolute atomic E-state index is 9.91. The molecule has 54 valence electrons. The van der Waals surface area contributed by atoms with Crippen molar-refractivity contribution in [3.8, 4) is 5.88 Å². The molecule has 0 aliphatic carbocycles. The van der Waals surface area contributed by atoms with E-state index in [1.807, 2.05) is 0 Å². The largest absolute Gasteiger partial charge is 0.512 e. The monoisotopic (exact) mass is 160 g/mol. The summed E-state index contributed by atoms with van der Waals surface area (Å²) >= 11 is 1.04. The van der Waals surface area contributed by atoms with Crippen molar-refractivity contribution in [2.75, 3.05) is 5.73 Å². The van der Waals surface area contributed by atoms with Crippen LogP contribution in [0.5, 0.6) is 5.88 Å². The lowest BCUT2D eigenvalue weighted by Gasteiger charge is -1.92. The summed E-state index contributed by atoms with van der Waals surface area (Å²) in [6.45, 7) is 0. The van der Waals surface area contributed by atoms with Gasteiger partial charge in [0.25, 0.3) is 5.88 Å². The molecule has 0 aromatic carbocycles. The van der Waals surface area contributed by atoms with E-state index in [0.29, 0.717) is 0 Å². The Morgan fingerprint density at radius 1 is 1.90 bits per heavy atom. The Kier molecular flexibility index (Phi) is 1.72. The van der Waals surface area contributed by atoms with E-state index >= 15 is 0 Å². The molecule has 0 spiro atoms. The number of nitrogens with zero attached hydrogens (tertiary/aromatic N) is 1. The smallest absolute Gasteiger partial charge is 0.449 e. The number of carbonyl (C=O) groups is 1. The third-order valence-electron chi connectivity index (χ3n) is 0.746. The van der Waals surface area contributed by atoms with Crippen LogP contribution in [-0.4, -0.2) is 15.6 Å². The van der Waals surface area contributed by atoms with Gasteiger partial charge in [0.1, 0.15) is 5.69 Å². The molecular weight excluding hydrogens is 156 g/mol. The molecule has 0 amide bonds. The van der Waals surface area contributed by atoms with Crippen molar-refractivity contribution >= 4 is 23.4 Å². The summed E-state index contributed by atoms with van der Waals surface area (Å²) in [5, 5.41) is 9.59. The van der Waals surface area contributed by atoms with Crippen molar-refractivity contribution in [1.29, 1.82) is 0 Å². The number of nitrogen functional groups attached to an aromatic ring is 1. The zero-order valence-corrected chi connectivity index (χ0v) is 5.59. The van der Waals surface area contributed by atoms with E-state index < -0.39 is 6.16 Å². The topological polar surface area (TPSA) is 85.4 Å². The van der Waals surface area contributed by atoms with Gasteiger partial charge in [-0.3, -0.25) is 0 Å². The number of hydrogen-bond donors (Lipinski definition) is 2. The van der Waals surface area contributed by atoms with Gasteiger partial charge in [-0.15, -0.1) is 0 Å². The van der Waals surface area contributed by atoms with Crippen LogP contribution in [0.15, 0.2) is 5.38 Å². The highest BCUT2D eigenvalue weighted by Crippen LogP contribution is 2.20. The molecular formula is C4H4N2O3S. The first-order valence-corrected chi connectivity index (χ1v) is 3.14. The fourth-order valence-corrected chi connectivity index (χ4v) is 0.900. The average molecular weight is 160 g/mol. The second-order valence-corrected chi connectivity index (χ2v) is 2.07. The van der Waals surface area contributed by atoms with E-state index in [-0.39, 0.29) is 11.6 Å². The molecule has 0 aliphatic rings. The van der Waals surface area contributed by atoms with Crippen molar-refractivity contribution in [1.82, 2.24) is 4.37 Å². The Labute approximate surface area is 60.2 Å². The van der Waals surface area contributed by atoms with Crippen LogP contribution in [0, 0.1) is 0 Å². The molecule has 1 rings (SSSR count). The van der Waals surface area contributed by atoms with Gasteiger partial charge in [-0.2, -0.15) is 4.37 Å². The Hall–Kier alpha value is -1.30. The Morgan fingerprint density at radius 2 is 2.60 bits per heavy atom. The van der Waals surface area contributed by atoms with Gasteiger partial charge in [-0.25, -0.2) is 4.79 Å². The summed E-state index contributed by atoms with van der Waals surface area (Å²) in [6.07, 6.45) is -1.40. The van der Waals surface area contributed by atoms with Crippen molar-refractivity contribution in [3.63, 3.8) is 0 Å². The normalized spacial score (nSPS) is 9.20. The van der Waals surface area contributed by atoms with Gasteiger partial charge in [0.15, 0.2) is 0 Å². The molecule has 6 heteroatoms. The van der Waals surface area contributed by atoms with Crippen molar-refractivity contribution < 1.29 is 14.6 Å². The average Bonchev–Trinajstić information content (AvgIpc) is 2.15. The third-order valence-corrected chi connectivity index (χ3v) is 1.38. The van der Waals surface area contributed by atoms with Crippen LogP contribution >= 0.6 is 11.5 Å². The number of hydrogen-bond acceptors (Lipinski definition) is 5. The maximum atomic E-state index is 9.91. The number of anilines is 1. The van der Waals surface area contributed by atoms with E-state index in [1.54, 1.807) is 0 Å². The molecule has 3 N–H and O–H groups in total. The van der Waals surface area contributed by atoms with Gasteiger partial charge in [-0.05, 0) is 11.5 Å². The molecule has 1 aromatic heterocycles. The minimum Gasteiger partial charge on any atom is -0.449 e. The molecule has 1 aromatic rings. The lowest BCUT2D eigenvalue weighted by Crippen LogP contribution is -2.04. The van der Waals surface area contributed by atoms with E-state index in [4.69, 9.17) is 10.8 Å². The van der Waals surface area contributed by atoms with E-state index in [9.17, 15) is 4.79 Å². The maximum Gasteiger partial charge on any atom is 0.512 e. The van der Waals surface area contributed by atoms with Crippen molar-refractivity contribution in [2.24, 2.45) is 0 Å². The summed E-state index contributed by atoms with van der Waals surface area (Å²) in [5.41, 5.74) is 5.49. The summed E-state index contributed by atoms with van der Waals surface area (Å²) in [5.74, 6) is -0.0440. The summed E-state index contributed by atoms with van der Waals surface area (Å²) in [7, 11) is 0. The zero-order valence-electron chi connectivity index (χ0n) is 4.77. The molecule has 0 saturated heterocycles. The number of carboxylic acid groups (broad SMARTS) is 1. The first kappa shape index (κ1) is 6.81. The van der Waals surface area contributed by atoms with E-state index in [2.05, 4.69) is 9.11 Å². The van der Waals surface area contributed by atoms with Crippen LogP contribution in [-0.2, 0) is 0 Å². The summed E-state index contributed by atoms with van der Waals surface area (Å²) in [6, 6.07) is 0. The highest BCUT2D eigenvalue weighted by atomic mass is 32.1. The number of nitrogens with two attached hydrogens (primary N) is 1. The predicted molar refractivity (Wildman–Crippen MR) is 35.2 cm³/mol. The molecule has 0 atom stereocenters. The highest BCUT2D eigenvalue weighted by Gasteiger charge is 2.06. The standard InChI is InChI=1S/C4H4N2O3S/c5-2-1-10-6-3(2)9-4(7)8/h1H,5H2,(H,7,8). The fraction of sp³-hybridized carbons (Fsp3) is 0. The van der Waals surface area contributed by atoms with Crippen LogP contribution in [0.25, 0.3) is 0 Å². The summed E-state index contributed by atoms with van der Waals surface area (Å²) in [4.78, 5) is 9.91. The Balaban J connectivity index is 2.74. The SMILES string of the molecule is Nc1csnc1OC(=O)O. The second-order valence-electron chi connectivity index (χ2n) is 1.44.